The molecule has 5 nitrogen and oxygen atoms in total. The molecule has 0 radical (unpaired) electrons. The third kappa shape index (κ3) is 2.85. The molecule has 0 saturated carbocycles. The van der Waals surface area contributed by atoms with E-state index >= 15 is 0 Å². The first-order valence-corrected chi connectivity index (χ1v) is 8.40. The van der Waals surface area contributed by atoms with E-state index in [1.807, 2.05) is 54.3 Å². The lowest BCUT2D eigenvalue weighted by molar-refractivity contribution is 0.418. The van der Waals surface area contributed by atoms with Crippen LogP contribution in [0.4, 0.5) is 5.69 Å². The molecule has 1 aromatic carbocycles. The highest BCUT2D eigenvalue weighted by molar-refractivity contribution is 7.80. The summed E-state index contributed by atoms with van der Waals surface area (Å²) in [6.45, 7) is 1.92. The fraction of sp³-hybridized carbons (Fsp3) is 0.158. The van der Waals surface area contributed by atoms with Crippen LogP contribution in [0.3, 0.4) is 0 Å². The van der Waals surface area contributed by atoms with Crippen LogP contribution in [0.25, 0.3) is 0 Å². The minimum Gasteiger partial charge on any atom is -0.508 e. The second-order valence-electron chi connectivity index (χ2n) is 5.96. The van der Waals surface area contributed by atoms with Crippen molar-refractivity contribution in [3.63, 3.8) is 0 Å². The third-order valence-corrected chi connectivity index (χ3v) is 4.59. The quantitative estimate of drug-likeness (QED) is 0.699. The Hall–Kier alpha value is -2.86. The van der Waals surface area contributed by atoms with Crippen molar-refractivity contribution in [3.8, 4) is 5.75 Å². The summed E-state index contributed by atoms with van der Waals surface area (Å²) in [5, 5.41) is 13.5. The summed E-state index contributed by atoms with van der Waals surface area (Å²) >= 11 is 5.60. The normalized spacial score (nSPS) is 19.9. The number of thiocarbonyl (C=S) groups is 1. The molecule has 3 aromatic rings. The Morgan fingerprint density at radius 2 is 1.92 bits per heavy atom. The topological polar surface area (TPSA) is 61.5 Å². The number of aryl methyl sites for hydroxylation is 1. The number of hydrogen-bond acceptors (Lipinski definition) is 4. The number of rotatable bonds is 3. The zero-order valence-electron chi connectivity index (χ0n) is 13.6. The molecule has 25 heavy (non-hydrogen) atoms. The molecule has 0 spiro atoms. The Balaban J connectivity index is 1.81. The Morgan fingerprint density at radius 1 is 1.12 bits per heavy atom. The number of nitrogens with one attached hydrogen (secondary N) is 1. The van der Waals surface area contributed by atoms with Crippen LogP contribution in [0, 0.1) is 6.92 Å². The maximum atomic E-state index is 9.59. The van der Waals surface area contributed by atoms with Gasteiger partial charge in [-0.1, -0.05) is 6.07 Å². The summed E-state index contributed by atoms with van der Waals surface area (Å²) in [5.41, 5.74) is 1.78. The van der Waals surface area contributed by atoms with E-state index in [1.54, 1.807) is 18.3 Å². The van der Waals surface area contributed by atoms with Crippen LogP contribution < -0.4 is 10.2 Å². The lowest BCUT2D eigenvalue weighted by Crippen LogP contribution is -2.29. The van der Waals surface area contributed by atoms with Gasteiger partial charge in [0.15, 0.2) is 5.11 Å². The molecule has 2 atom stereocenters. The summed E-state index contributed by atoms with van der Waals surface area (Å²) in [7, 11) is 0. The van der Waals surface area contributed by atoms with Gasteiger partial charge < -0.3 is 19.7 Å². The number of benzene rings is 1. The van der Waals surface area contributed by atoms with Crippen LogP contribution >= 0.6 is 12.2 Å². The van der Waals surface area contributed by atoms with Crippen LogP contribution in [0.1, 0.15) is 29.3 Å². The molecule has 2 N–H and O–H groups in total. The van der Waals surface area contributed by atoms with Gasteiger partial charge in [0.2, 0.25) is 0 Å². The van der Waals surface area contributed by atoms with Crippen molar-refractivity contribution in [2.45, 2.75) is 19.0 Å². The van der Waals surface area contributed by atoms with Gasteiger partial charge in [0.25, 0.3) is 0 Å². The zero-order valence-corrected chi connectivity index (χ0v) is 14.4. The molecule has 6 heteroatoms. The van der Waals surface area contributed by atoms with E-state index in [0.717, 1.165) is 22.9 Å². The number of anilines is 1. The molecule has 1 aliphatic heterocycles. The molecule has 1 fully saturated rings. The molecule has 1 saturated heterocycles. The smallest absolute Gasteiger partial charge is 0.174 e. The highest BCUT2D eigenvalue weighted by Gasteiger charge is 2.42. The summed E-state index contributed by atoms with van der Waals surface area (Å²) < 4.78 is 5.92. The van der Waals surface area contributed by atoms with Crippen molar-refractivity contribution < 1.29 is 9.52 Å². The van der Waals surface area contributed by atoms with Crippen molar-refractivity contribution in [3.05, 3.63) is 78.0 Å². The Kier molecular flexibility index (Phi) is 3.89. The SMILES string of the molecule is Cc1ccc([C@H]2[C@@H](c3ccccn3)NC(=S)N2c2ccc(O)cc2)o1. The van der Waals surface area contributed by atoms with Crippen LogP contribution in [-0.2, 0) is 0 Å². The van der Waals surface area contributed by atoms with Gasteiger partial charge in [0, 0.05) is 11.9 Å². The lowest BCUT2D eigenvalue weighted by atomic mass is 10.0. The van der Waals surface area contributed by atoms with Crippen molar-refractivity contribution in [2.24, 2.45) is 0 Å². The number of furan rings is 1. The number of pyridine rings is 1. The van der Waals surface area contributed by atoms with Crippen molar-refractivity contribution in [1.29, 1.82) is 0 Å². The second-order valence-corrected chi connectivity index (χ2v) is 6.35. The molecule has 126 valence electrons. The molecule has 0 unspecified atom stereocenters. The van der Waals surface area contributed by atoms with Gasteiger partial charge in [-0.3, -0.25) is 4.98 Å². The fourth-order valence-corrected chi connectivity index (χ4v) is 3.49. The lowest BCUT2D eigenvalue weighted by Gasteiger charge is -2.26. The first kappa shape index (κ1) is 15.7. The van der Waals surface area contributed by atoms with Gasteiger partial charge in [-0.05, 0) is 67.7 Å². The van der Waals surface area contributed by atoms with Gasteiger partial charge >= 0.3 is 0 Å². The molecular formula is C19H17N3O2S. The number of phenolic OH excluding ortho intramolecular Hbond substituents is 1. The van der Waals surface area contributed by atoms with E-state index in [4.69, 9.17) is 16.6 Å². The Morgan fingerprint density at radius 3 is 2.56 bits per heavy atom. The number of phenols is 1. The number of aromatic nitrogens is 1. The van der Waals surface area contributed by atoms with E-state index in [-0.39, 0.29) is 17.8 Å². The van der Waals surface area contributed by atoms with Crippen molar-refractivity contribution >= 4 is 23.0 Å². The van der Waals surface area contributed by atoms with Gasteiger partial charge in [-0.25, -0.2) is 0 Å². The molecule has 2 aromatic heterocycles. The molecule has 3 heterocycles. The molecule has 4 rings (SSSR count). The Bertz CT molecular complexity index is 893. The van der Waals surface area contributed by atoms with Crippen LogP contribution in [0.2, 0.25) is 0 Å². The number of hydrogen-bond donors (Lipinski definition) is 2. The van der Waals surface area contributed by atoms with E-state index in [1.165, 1.54) is 0 Å². The van der Waals surface area contributed by atoms with E-state index in [9.17, 15) is 5.11 Å². The van der Waals surface area contributed by atoms with Gasteiger partial charge in [0.1, 0.15) is 23.3 Å². The monoisotopic (exact) mass is 351 g/mol. The van der Waals surface area contributed by atoms with Crippen LogP contribution in [0.15, 0.2) is 65.2 Å². The average Bonchev–Trinajstić information content (AvgIpc) is 3.20. The summed E-state index contributed by atoms with van der Waals surface area (Å²) in [6.07, 6.45) is 1.77. The van der Waals surface area contributed by atoms with Gasteiger partial charge in [-0.2, -0.15) is 0 Å². The first-order valence-electron chi connectivity index (χ1n) is 7.99. The van der Waals surface area contributed by atoms with Crippen LogP contribution in [0.5, 0.6) is 5.75 Å². The fourth-order valence-electron chi connectivity index (χ4n) is 3.15. The van der Waals surface area contributed by atoms with E-state index in [0.29, 0.717) is 5.11 Å². The zero-order chi connectivity index (χ0) is 17.4. The number of nitrogens with zero attached hydrogens (tertiary/aromatic N) is 2. The molecule has 0 amide bonds. The molecular weight excluding hydrogens is 334 g/mol. The highest BCUT2D eigenvalue weighted by atomic mass is 32.1. The molecule has 0 bridgehead atoms. The predicted molar refractivity (Wildman–Crippen MR) is 99.5 cm³/mol. The standard InChI is InChI=1S/C19H17N3O2S/c1-12-5-10-16(24-12)18-17(15-4-2-3-11-20-15)21-19(25)22(18)13-6-8-14(23)9-7-13/h2-11,17-18,23H,1H3,(H,21,25)/t17-,18+/m1/s1. The minimum atomic E-state index is -0.166. The van der Waals surface area contributed by atoms with Crippen molar-refractivity contribution in [1.82, 2.24) is 10.3 Å². The highest BCUT2D eigenvalue weighted by Crippen LogP contribution is 2.42. The van der Waals surface area contributed by atoms with Crippen molar-refractivity contribution in [2.75, 3.05) is 4.90 Å². The Labute approximate surface area is 150 Å². The van der Waals surface area contributed by atoms with E-state index < -0.39 is 0 Å². The number of aromatic hydroxyl groups is 1. The predicted octanol–water partition coefficient (Wildman–Crippen LogP) is 3.87. The largest absolute Gasteiger partial charge is 0.508 e. The van der Waals surface area contributed by atoms with Crippen LogP contribution in [-0.4, -0.2) is 15.2 Å². The summed E-state index contributed by atoms with van der Waals surface area (Å²) in [4.78, 5) is 6.50. The maximum absolute atomic E-state index is 9.59. The third-order valence-electron chi connectivity index (χ3n) is 4.28. The second kappa shape index (κ2) is 6.22. The van der Waals surface area contributed by atoms with Gasteiger partial charge in [0.05, 0.1) is 11.7 Å². The molecule has 0 aliphatic carbocycles. The minimum absolute atomic E-state index is 0.131. The molecule has 1 aliphatic rings. The van der Waals surface area contributed by atoms with Gasteiger partial charge in [-0.15, -0.1) is 0 Å². The summed E-state index contributed by atoms with van der Waals surface area (Å²) in [6, 6.07) is 16.4. The first-order chi connectivity index (χ1) is 12.1. The summed E-state index contributed by atoms with van der Waals surface area (Å²) in [5.74, 6) is 1.88. The average molecular weight is 351 g/mol. The maximum Gasteiger partial charge on any atom is 0.174 e. The van der Waals surface area contributed by atoms with E-state index in [2.05, 4.69) is 10.3 Å².